The second-order valence-electron chi connectivity index (χ2n) is 9.25. The lowest BCUT2D eigenvalue weighted by atomic mass is 9.85. The number of anilines is 2. The molecule has 0 aliphatic carbocycles. The summed E-state index contributed by atoms with van der Waals surface area (Å²) in [6, 6.07) is 27.5. The summed E-state index contributed by atoms with van der Waals surface area (Å²) in [5.74, 6) is 0.670. The third-order valence-corrected chi connectivity index (χ3v) is 6.79. The number of rotatable bonds is 5. The van der Waals surface area contributed by atoms with E-state index >= 15 is 0 Å². The largest absolute Gasteiger partial charge is 0.491 e. The van der Waals surface area contributed by atoms with Crippen molar-refractivity contribution in [1.29, 1.82) is 0 Å². The van der Waals surface area contributed by atoms with E-state index in [1.165, 1.54) is 12.1 Å². The average Bonchev–Trinajstić information content (AvgIpc) is 3.42. The number of amides is 2. The number of benzene rings is 4. The standard InChI is InChI=1S/C30H25FN6O2/c31-25-14-6-7-15-26(25)32-30(38)33-27-18-20(22-11-4-5-12-23(22)29-34-36-37-35-29)17-24-21(13-8-16-39-28(24)27)19-9-2-1-3-10-19/h1-7,9-12,14-15,17-18,21H,8,13,16H2,(H2,32,33,38)(H,34,35,36,37). The molecule has 4 aromatic carbocycles. The van der Waals surface area contributed by atoms with Crippen LogP contribution in [0, 0.1) is 5.82 Å². The van der Waals surface area contributed by atoms with Crippen molar-refractivity contribution < 1.29 is 13.9 Å². The highest BCUT2D eigenvalue weighted by atomic mass is 19.1. The van der Waals surface area contributed by atoms with E-state index in [4.69, 9.17) is 4.74 Å². The monoisotopic (exact) mass is 520 g/mol. The van der Waals surface area contributed by atoms with Crippen LogP contribution in [0.25, 0.3) is 22.5 Å². The number of fused-ring (bicyclic) bond motifs is 1. The summed E-state index contributed by atoms with van der Waals surface area (Å²) in [6.07, 6.45) is 1.74. The molecule has 0 saturated carbocycles. The summed E-state index contributed by atoms with van der Waals surface area (Å²) in [6.45, 7) is 0.514. The Kier molecular flexibility index (Phi) is 6.69. The Morgan fingerprint density at radius 1 is 0.897 bits per heavy atom. The second kappa shape index (κ2) is 10.7. The number of H-pyrrole nitrogens is 1. The maximum Gasteiger partial charge on any atom is 0.323 e. The normalized spacial score (nSPS) is 14.5. The number of urea groups is 1. The van der Waals surface area contributed by atoms with E-state index in [9.17, 15) is 9.18 Å². The number of tetrazole rings is 1. The van der Waals surface area contributed by atoms with Crippen LogP contribution in [0.4, 0.5) is 20.6 Å². The zero-order valence-corrected chi connectivity index (χ0v) is 20.9. The number of halogens is 1. The van der Waals surface area contributed by atoms with Crippen LogP contribution in [0.5, 0.6) is 5.75 Å². The molecule has 2 heterocycles. The number of carbonyl (C=O) groups is 1. The molecule has 1 aliphatic heterocycles. The van der Waals surface area contributed by atoms with Crippen LogP contribution >= 0.6 is 0 Å². The Morgan fingerprint density at radius 3 is 2.44 bits per heavy atom. The zero-order valence-electron chi connectivity index (χ0n) is 20.9. The van der Waals surface area contributed by atoms with Crippen molar-refractivity contribution in [3.8, 4) is 28.3 Å². The van der Waals surface area contributed by atoms with E-state index in [2.05, 4.69) is 49.5 Å². The fourth-order valence-electron chi connectivity index (χ4n) is 5.02. The van der Waals surface area contributed by atoms with E-state index in [1.807, 2.05) is 48.5 Å². The highest BCUT2D eigenvalue weighted by Gasteiger charge is 2.26. The quantitative estimate of drug-likeness (QED) is 0.242. The van der Waals surface area contributed by atoms with Crippen molar-refractivity contribution in [3.63, 3.8) is 0 Å². The first-order chi connectivity index (χ1) is 19.2. The predicted octanol–water partition coefficient (Wildman–Crippen LogP) is 6.62. The topological polar surface area (TPSA) is 105 Å². The molecule has 194 valence electrons. The number of aromatic nitrogens is 4. The molecule has 0 bridgehead atoms. The molecule has 0 fully saturated rings. The fraction of sp³-hybridized carbons (Fsp3) is 0.133. The first-order valence-corrected chi connectivity index (χ1v) is 12.7. The lowest BCUT2D eigenvalue weighted by molar-refractivity contribution is 0.261. The number of hydrogen-bond acceptors (Lipinski definition) is 5. The molecule has 0 radical (unpaired) electrons. The minimum atomic E-state index is -0.573. The number of ether oxygens (including phenoxy) is 1. The molecule has 6 rings (SSSR count). The van der Waals surface area contributed by atoms with Gasteiger partial charge in [-0.3, -0.25) is 0 Å². The van der Waals surface area contributed by atoms with Crippen molar-refractivity contribution in [2.24, 2.45) is 0 Å². The Bertz CT molecular complexity index is 1610. The van der Waals surface area contributed by atoms with Gasteiger partial charge in [-0.15, -0.1) is 5.10 Å². The van der Waals surface area contributed by atoms with Crippen LogP contribution in [0.3, 0.4) is 0 Å². The van der Waals surface area contributed by atoms with Crippen molar-refractivity contribution in [3.05, 3.63) is 108 Å². The number of nitrogens with zero attached hydrogens (tertiary/aromatic N) is 3. The molecule has 2 amide bonds. The Balaban J connectivity index is 1.48. The molecule has 8 nitrogen and oxygen atoms in total. The van der Waals surface area contributed by atoms with E-state index in [0.717, 1.165) is 40.7 Å². The lowest BCUT2D eigenvalue weighted by Gasteiger charge is -2.22. The van der Waals surface area contributed by atoms with Crippen molar-refractivity contribution in [2.45, 2.75) is 18.8 Å². The smallest absolute Gasteiger partial charge is 0.323 e. The first-order valence-electron chi connectivity index (χ1n) is 12.7. The van der Waals surface area contributed by atoms with Crippen LogP contribution in [0.2, 0.25) is 0 Å². The van der Waals surface area contributed by atoms with Gasteiger partial charge >= 0.3 is 6.03 Å². The molecule has 0 spiro atoms. The van der Waals surface area contributed by atoms with Gasteiger partial charge in [-0.2, -0.15) is 0 Å². The van der Waals surface area contributed by atoms with E-state index in [-0.39, 0.29) is 11.6 Å². The van der Waals surface area contributed by atoms with E-state index in [0.29, 0.717) is 23.9 Å². The predicted molar refractivity (Wildman–Crippen MR) is 147 cm³/mol. The first kappa shape index (κ1) is 24.3. The van der Waals surface area contributed by atoms with E-state index in [1.54, 1.807) is 12.1 Å². The van der Waals surface area contributed by atoms with Gasteiger partial charge in [0.25, 0.3) is 0 Å². The summed E-state index contributed by atoms with van der Waals surface area (Å²) < 4.78 is 20.5. The molecule has 5 aromatic rings. The van der Waals surface area contributed by atoms with E-state index < -0.39 is 11.8 Å². The lowest BCUT2D eigenvalue weighted by Crippen LogP contribution is -2.21. The maximum absolute atomic E-state index is 14.2. The summed E-state index contributed by atoms with van der Waals surface area (Å²) in [7, 11) is 0. The molecular formula is C30H25FN6O2. The molecule has 1 unspecified atom stereocenters. The van der Waals surface area contributed by atoms with Gasteiger partial charge in [-0.25, -0.2) is 14.3 Å². The van der Waals surface area contributed by atoms with Crippen LogP contribution in [-0.4, -0.2) is 33.3 Å². The van der Waals surface area contributed by atoms with Crippen LogP contribution in [0.1, 0.15) is 29.9 Å². The highest BCUT2D eigenvalue weighted by Crippen LogP contribution is 2.45. The van der Waals surface area contributed by atoms with Gasteiger partial charge in [-0.1, -0.05) is 66.7 Å². The van der Waals surface area contributed by atoms with Gasteiger partial charge in [0.2, 0.25) is 0 Å². The number of aromatic amines is 1. The molecular weight excluding hydrogens is 495 g/mol. The molecule has 3 N–H and O–H groups in total. The Hall–Kier alpha value is -5.05. The zero-order chi connectivity index (χ0) is 26.6. The van der Waals surface area contributed by atoms with Crippen LogP contribution < -0.4 is 15.4 Å². The Morgan fingerprint density at radius 2 is 1.64 bits per heavy atom. The highest BCUT2D eigenvalue weighted by molar-refractivity contribution is 6.01. The molecule has 0 saturated heterocycles. The maximum atomic E-state index is 14.2. The minimum Gasteiger partial charge on any atom is -0.491 e. The minimum absolute atomic E-state index is 0.0536. The van der Waals surface area contributed by atoms with Crippen molar-refractivity contribution in [2.75, 3.05) is 17.2 Å². The number of hydrogen-bond donors (Lipinski definition) is 3. The van der Waals surface area contributed by atoms with Crippen molar-refractivity contribution >= 4 is 17.4 Å². The summed E-state index contributed by atoms with van der Waals surface area (Å²) in [5, 5.41) is 19.9. The van der Waals surface area contributed by atoms with Gasteiger partial charge < -0.3 is 15.4 Å². The Labute approximate surface area is 224 Å². The molecule has 1 aliphatic rings. The molecule has 39 heavy (non-hydrogen) atoms. The molecule has 9 heteroatoms. The van der Waals surface area contributed by atoms with Crippen molar-refractivity contribution in [1.82, 2.24) is 20.6 Å². The fourth-order valence-corrected chi connectivity index (χ4v) is 5.02. The van der Waals surface area contributed by atoms with Gasteiger partial charge in [0.05, 0.1) is 18.0 Å². The summed E-state index contributed by atoms with van der Waals surface area (Å²) in [4.78, 5) is 13.1. The van der Waals surface area contributed by atoms with Gasteiger partial charge in [0.1, 0.15) is 11.6 Å². The third kappa shape index (κ3) is 5.06. The second-order valence-corrected chi connectivity index (χ2v) is 9.25. The SMILES string of the molecule is O=C(Nc1ccccc1F)Nc1cc(-c2ccccc2-c2nnn[nH]2)cc2c1OCCCC2c1ccccc1. The van der Waals surface area contributed by atoms with Gasteiger partial charge in [0, 0.05) is 17.0 Å². The van der Waals surface area contributed by atoms with Gasteiger partial charge in [-0.05, 0) is 64.2 Å². The van der Waals surface area contributed by atoms with Crippen LogP contribution in [0.15, 0.2) is 91.0 Å². The summed E-state index contributed by atoms with van der Waals surface area (Å²) in [5.41, 5.74) is 5.25. The number of nitrogens with one attached hydrogen (secondary N) is 3. The molecule has 1 aromatic heterocycles. The third-order valence-electron chi connectivity index (χ3n) is 6.79. The van der Waals surface area contributed by atoms with Gasteiger partial charge in [0.15, 0.2) is 5.82 Å². The number of para-hydroxylation sites is 1. The average molecular weight is 521 g/mol. The molecule has 1 atom stereocenters. The number of carbonyl (C=O) groups excluding carboxylic acids is 1. The van der Waals surface area contributed by atoms with Crippen LogP contribution in [-0.2, 0) is 0 Å². The summed E-state index contributed by atoms with van der Waals surface area (Å²) >= 11 is 0.